The van der Waals surface area contributed by atoms with E-state index in [2.05, 4.69) is 58.9 Å². The number of rotatable bonds is 4. The average Bonchev–Trinajstić information content (AvgIpc) is 2.46. The lowest BCUT2D eigenvalue weighted by Gasteiger charge is -2.22. The number of hydrogen-bond donors (Lipinski definition) is 1. The second-order valence-corrected chi connectivity index (χ2v) is 6.32. The van der Waals surface area contributed by atoms with E-state index in [0.717, 1.165) is 6.42 Å². The Labute approximate surface area is 128 Å². The zero-order chi connectivity index (χ0) is 15.6. The molecule has 1 nitrogen and oxygen atoms in total. The van der Waals surface area contributed by atoms with Crippen LogP contribution in [-0.2, 0) is 6.42 Å². The van der Waals surface area contributed by atoms with E-state index in [0.29, 0.717) is 17.6 Å². The van der Waals surface area contributed by atoms with Gasteiger partial charge in [-0.15, -0.1) is 0 Å². The molecule has 0 radical (unpaired) electrons. The molecule has 0 aliphatic rings. The van der Waals surface area contributed by atoms with Crippen LogP contribution in [0.15, 0.2) is 36.4 Å². The van der Waals surface area contributed by atoms with Gasteiger partial charge in [-0.25, -0.2) is 0 Å². The van der Waals surface area contributed by atoms with Crippen molar-refractivity contribution < 1.29 is 5.11 Å². The smallest absolute Gasteiger partial charge is 0.115 e. The molecule has 2 aromatic carbocycles. The van der Waals surface area contributed by atoms with Gasteiger partial charge in [0.15, 0.2) is 0 Å². The van der Waals surface area contributed by atoms with E-state index in [-0.39, 0.29) is 0 Å². The topological polar surface area (TPSA) is 20.2 Å². The van der Waals surface area contributed by atoms with Crippen LogP contribution in [0.2, 0.25) is 0 Å². The van der Waals surface area contributed by atoms with Crippen molar-refractivity contribution in [3.63, 3.8) is 0 Å². The van der Waals surface area contributed by atoms with Gasteiger partial charge in [-0.3, -0.25) is 0 Å². The minimum Gasteiger partial charge on any atom is -0.508 e. The van der Waals surface area contributed by atoms with E-state index in [9.17, 15) is 5.11 Å². The molecule has 21 heavy (non-hydrogen) atoms. The van der Waals surface area contributed by atoms with Gasteiger partial charge in [0, 0.05) is 0 Å². The SMILES string of the molecule is CCc1cc(O)ccc1-c1c(C(C)C)cccc1C(C)C. The molecule has 112 valence electrons. The Kier molecular flexibility index (Phi) is 4.72. The molecular formula is C20H26O. The summed E-state index contributed by atoms with van der Waals surface area (Å²) in [4.78, 5) is 0. The van der Waals surface area contributed by atoms with Crippen LogP contribution >= 0.6 is 0 Å². The molecule has 0 saturated carbocycles. The zero-order valence-corrected chi connectivity index (χ0v) is 13.8. The normalized spacial score (nSPS) is 11.4. The summed E-state index contributed by atoms with van der Waals surface area (Å²) in [5, 5.41) is 9.77. The summed E-state index contributed by atoms with van der Waals surface area (Å²) in [6.07, 6.45) is 0.924. The maximum absolute atomic E-state index is 9.77. The first kappa shape index (κ1) is 15.6. The van der Waals surface area contributed by atoms with Crippen LogP contribution in [0.3, 0.4) is 0 Å². The summed E-state index contributed by atoms with van der Waals surface area (Å²) in [6.45, 7) is 11.1. The Hall–Kier alpha value is -1.76. The van der Waals surface area contributed by atoms with E-state index in [1.807, 2.05) is 6.07 Å². The summed E-state index contributed by atoms with van der Waals surface area (Å²) in [5.74, 6) is 1.32. The molecule has 0 bridgehead atoms. The first-order valence-corrected chi connectivity index (χ1v) is 7.90. The van der Waals surface area contributed by atoms with Gasteiger partial charge in [-0.2, -0.15) is 0 Å². The van der Waals surface area contributed by atoms with Gasteiger partial charge >= 0.3 is 0 Å². The standard InChI is InChI=1S/C20H26O/c1-6-15-12-16(21)10-11-19(15)20-17(13(2)3)8-7-9-18(20)14(4)5/h7-14,21H,6H2,1-5H3. The number of hydrogen-bond acceptors (Lipinski definition) is 1. The highest BCUT2D eigenvalue weighted by molar-refractivity contribution is 5.76. The van der Waals surface area contributed by atoms with Crippen LogP contribution < -0.4 is 0 Å². The Morgan fingerprint density at radius 3 is 1.95 bits per heavy atom. The van der Waals surface area contributed by atoms with Crippen LogP contribution in [0, 0.1) is 0 Å². The first-order valence-electron chi connectivity index (χ1n) is 7.90. The first-order chi connectivity index (χ1) is 9.95. The lowest BCUT2D eigenvalue weighted by Crippen LogP contribution is -2.01. The van der Waals surface area contributed by atoms with Gasteiger partial charge in [0.05, 0.1) is 0 Å². The molecule has 0 aliphatic heterocycles. The maximum atomic E-state index is 9.77. The Balaban J connectivity index is 2.78. The maximum Gasteiger partial charge on any atom is 0.115 e. The number of aromatic hydroxyl groups is 1. The van der Waals surface area contributed by atoms with Crippen molar-refractivity contribution in [2.45, 2.75) is 52.9 Å². The molecular weight excluding hydrogens is 256 g/mol. The lowest BCUT2D eigenvalue weighted by atomic mass is 9.83. The molecule has 0 fully saturated rings. The Bertz CT molecular complexity index is 597. The van der Waals surface area contributed by atoms with Crippen molar-refractivity contribution in [1.82, 2.24) is 0 Å². The summed E-state index contributed by atoms with van der Waals surface area (Å²) in [6, 6.07) is 12.4. The molecule has 0 aromatic heterocycles. The third-order valence-corrected chi connectivity index (χ3v) is 4.11. The molecule has 0 unspecified atom stereocenters. The molecule has 0 amide bonds. The van der Waals surface area contributed by atoms with E-state index < -0.39 is 0 Å². The highest BCUT2D eigenvalue weighted by atomic mass is 16.3. The van der Waals surface area contributed by atoms with Gasteiger partial charge in [0.1, 0.15) is 5.75 Å². The van der Waals surface area contributed by atoms with Crippen molar-refractivity contribution in [2.75, 3.05) is 0 Å². The third kappa shape index (κ3) is 3.12. The largest absolute Gasteiger partial charge is 0.508 e. The molecule has 2 rings (SSSR count). The van der Waals surface area contributed by atoms with Crippen molar-refractivity contribution in [1.29, 1.82) is 0 Å². The summed E-state index contributed by atoms with van der Waals surface area (Å²) in [7, 11) is 0. The number of phenolic OH excluding ortho intramolecular Hbond substituents is 1. The predicted molar refractivity (Wildman–Crippen MR) is 91.1 cm³/mol. The Morgan fingerprint density at radius 2 is 1.48 bits per heavy atom. The third-order valence-electron chi connectivity index (χ3n) is 4.11. The van der Waals surface area contributed by atoms with Crippen LogP contribution in [0.5, 0.6) is 5.75 Å². The summed E-state index contributed by atoms with van der Waals surface area (Å²) < 4.78 is 0. The van der Waals surface area contributed by atoms with E-state index >= 15 is 0 Å². The van der Waals surface area contributed by atoms with Crippen molar-refractivity contribution >= 4 is 0 Å². The molecule has 0 atom stereocenters. The minimum atomic E-state index is 0.351. The predicted octanol–water partition coefficient (Wildman–Crippen LogP) is 5.87. The molecule has 0 spiro atoms. The monoisotopic (exact) mass is 282 g/mol. The van der Waals surface area contributed by atoms with Crippen molar-refractivity contribution in [2.24, 2.45) is 0 Å². The number of benzene rings is 2. The Morgan fingerprint density at radius 1 is 0.905 bits per heavy atom. The van der Waals surface area contributed by atoms with Crippen molar-refractivity contribution in [3.8, 4) is 16.9 Å². The van der Waals surface area contributed by atoms with E-state index in [1.165, 1.54) is 27.8 Å². The van der Waals surface area contributed by atoms with Gasteiger partial charge in [-0.05, 0) is 58.2 Å². The summed E-state index contributed by atoms with van der Waals surface area (Å²) in [5.41, 5.74) is 6.62. The highest BCUT2D eigenvalue weighted by Crippen LogP contribution is 2.38. The second-order valence-electron chi connectivity index (χ2n) is 6.32. The molecule has 0 heterocycles. The minimum absolute atomic E-state index is 0.351. The van der Waals surface area contributed by atoms with Gasteiger partial charge in [-0.1, -0.05) is 58.9 Å². The number of phenols is 1. The van der Waals surface area contributed by atoms with Gasteiger partial charge < -0.3 is 5.11 Å². The average molecular weight is 282 g/mol. The fraction of sp³-hybridized carbons (Fsp3) is 0.400. The molecule has 2 aromatic rings. The lowest BCUT2D eigenvalue weighted by molar-refractivity contribution is 0.474. The summed E-state index contributed by atoms with van der Waals surface area (Å²) >= 11 is 0. The van der Waals surface area contributed by atoms with E-state index in [1.54, 1.807) is 6.07 Å². The van der Waals surface area contributed by atoms with Crippen LogP contribution in [-0.4, -0.2) is 5.11 Å². The van der Waals surface area contributed by atoms with Gasteiger partial charge in [0.2, 0.25) is 0 Å². The number of aryl methyl sites for hydroxylation is 1. The van der Waals surface area contributed by atoms with Crippen molar-refractivity contribution in [3.05, 3.63) is 53.1 Å². The second kappa shape index (κ2) is 6.34. The quantitative estimate of drug-likeness (QED) is 0.743. The molecule has 1 N–H and O–H groups in total. The highest BCUT2D eigenvalue weighted by Gasteiger charge is 2.17. The zero-order valence-electron chi connectivity index (χ0n) is 13.8. The van der Waals surface area contributed by atoms with E-state index in [4.69, 9.17) is 0 Å². The van der Waals surface area contributed by atoms with Crippen LogP contribution in [0.25, 0.3) is 11.1 Å². The van der Waals surface area contributed by atoms with Gasteiger partial charge in [0.25, 0.3) is 0 Å². The molecule has 0 aliphatic carbocycles. The fourth-order valence-electron chi connectivity index (χ4n) is 2.98. The van der Waals surface area contributed by atoms with Crippen LogP contribution in [0.4, 0.5) is 0 Å². The molecule has 0 saturated heterocycles. The van der Waals surface area contributed by atoms with Crippen LogP contribution in [0.1, 0.15) is 63.1 Å². The fourth-order valence-corrected chi connectivity index (χ4v) is 2.98. The molecule has 1 heteroatoms.